The molecule has 1 aromatic heterocycles. The van der Waals surface area contributed by atoms with E-state index in [2.05, 4.69) is 9.88 Å². The molecular formula is C17H20N2O6S. The molecule has 1 saturated carbocycles. The first-order chi connectivity index (χ1) is 12.3. The minimum absolute atomic E-state index is 0.00552. The van der Waals surface area contributed by atoms with Crippen LogP contribution in [0, 0.1) is 13.8 Å². The van der Waals surface area contributed by atoms with Gasteiger partial charge in [-0.25, -0.2) is 17.9 Å². The third-order valence-corrected chi connectivity index (χ3v) is 5.66. The summed E-state index contributed by atoms with van der Waals surface area (Å²) in [5, 5.41) is 3.80. The zero-order chi connectivity index (χ0) is 18.9. The van der Waals surface area contributed by atoms with Crippen LogP contribution in [0.3, 0.4) is 0 Å². The van der Waals surface area contributed by atoms with Crippen LogP contribution >= 0.6 is 0 Å². The van der Waals surface area contributed by atoms with Crippen molar-refractivity contribution < 1.29 is 27.2 Å². The molecule has 9 heteroatoms. The van der Waals surface area contributed by atoms with Gasteiger partial charge in [0.25, 0.3) is 0 Å². The molecule has 1 aromatic carbocycles. The number of methoxy groups -OCH3 is 1. The van der Waals surface area contributed by atoms with Crippen LogP contribution < -0.4 is 9.46 Å². The van der Waals surface area contributed by atoms with Crippen LogP contribution in [0.2, 0.25) is 0 Å². The quantitative estimate of drug-likeness (QED) is 0.733. The lowest BCUT2D eigenvalue weighted by molar-refractivity contribution is 0.0470. The number of carbonyl (C=O) groups excluding carboxylic acids is 1. The summed E-state index contributed by atoms with van der Waals surface area (Å²) in [6.45, 7) is 3.47. The van der Waals surface area contributed by atoms with Crippen molar-refractivity contribution in [1.29, 1.82) is 0 Å². The molecule has 1 aliphatic carbocycles. The smallest absolute Gasteiger partial charge is 0.338 e. The van der Waals surface area contributed by atoms with Crippen molar-refractivity contribution >= 4 is 16.0 Å². The van der Waals surface area contributed by atoms with Crippen molar-refractivity contribution in [3.8, 4) is 5.75 Å². The number of nitrogens with zero attached hydrogens (tertiary/aromatic N) is 1. The predicted octanol–water partition coefficient (Wildman–Crippen LogP) is 2.10. The molecule has 3 rings (SSSR count). The third-order valence-electron chi connectivity index (χ3n) is 4.12. The summed E-state index contributed by atoms with van der Waals surface area (Å²) < 4.78 is 43.0. The number of aryl methyl sites for hydroxylation is 2. The summed E-state index contributed by atoms with van der Waals surface area (Å²) in [4.78, 5) is 12.3. The van der Waals surface area contributed by atoms with Crippen LogP contribution in [0.25, 0.3) is 0 Å². The second kappa shape index (κ2) is 7.08. The molecule has 1 heterocycles. The monoisotopic (exact) mass is 380 g/mol. The van der Waals surface area contributed by atoms with Gasteiger partial charge < -0.3 is 14.0 Å². The van der Waals surface area contributed by atoms with Crippen LogP contribution in [-0.2, 0) is 21.4 Å². The Morgan fingerprint density at radius 3 is 2.65 bits per heavy atom. The number of esters is 1. The van der Waals surface area contributed by atoms with E-state index in [9.17, 15) is 13.2 Å². The first-order valence-corrected chi connectivity index (χ1v) is 9.59. The van der Waals surface area contributed by atoms with Gasteiger partial charge in [0, 0.05) is 6.04 Å². The number of aromatic nitrogens is 1. The number of rotatable bonds is 7. The molecule has 0 atom stereocenters. The molecule has 0 bridgehead atoms. The molecule has 26 heavy (non-hydrogen) atoms. The van der Waals surface area contributed by atoms with Gasteiger partial charge in [-0.05, 0) is 44.9 Å². The van der Waals surface area contributed by atoms with Gasteiger partial charge in [0.15, 0.2) is 0 Å². The van der Waals surface area contributed by atoms with E-state index in [0.717, 1.165) is 12.8 Å². The molecule has 8 nitrogen and oxygen atoms in total. The lowest BCUT2D eigenvalue weighted by atomic mass is 10.2. The normalized spacial score (nSPS) is 14.3. The summed E-state index contributed by atoms with van der Waals surface area (Å²) in [5.41, 5.74) is 1.45. The van der Waals surface area contributed by atoms with Gasteiger partial charge in [0.2, 0.25) is 10.0 Å². The molecule has 0 saturated heterocycles. The summed E-state index contributed by atoms with van der Waals surface area (Å²) in [6.07, 6.45) is 1.61. The zero-order valence-electron chi connectivity index (χ0n) is 14.7. The number of hydrogen-bond acceptors (Lipinski definition) is 7. The van der Waals surface area contributed by atoms with Crippen LogP contribution in [0.5, 0.6) is 5.75 Å². The summed E-state index contributed by atoms with van der Waals surface area (Å²) in [5.74, 6) is 0.0953. The molecule has 0 unspecified atom stereocenters. The van der Waals surface area contributed by atoms with Crippen LogP contribution in [0.4, 0.5) is 0 Å². The molecule has 0 amide bonds. The maximum Gasteiger partial charge on any atom is 0.338 e. The molecule has 1 fully saturated rings. The highest BCUT2D eigenvalue weighted by atomic mass is 32.2. The predicted molar refractivity (Wildman–Crippen MR) is 91.4 cm³/mol. The highest BCUT2D eigenvalue weighted by Crippen LogP contribution is 2.28. The fourth-order valence-electron chi connectivity index (χ4n) is 2.43. The van der Waals surface area contributed by atoms with Gasteiger partial charge in [-0.15, -0.1) is 0 Å². The first-order valence-electron chi connectivity index (χ1n) is 8.11. The molecule has 140 valence electrons. The number of benzene rings is 1. The minimum atomic E-state index is -3.78. The molecule has 1 N–H and O–H groups in total. The maximum absolute atomic E-state index is 12.5. The van der Waals surface area contributed by atoms with E-state index in [1.54, 1.807) is 13.8 Å². The Labute approximate surface area is 151 Å². The Bertz CT molecular complexity index is 911. The van der Waals surface area contributed by atoms with Crippen molar-refractivity contribution in [3.63, 3.8) is 0 Å². The fourth-order valence-corrected chi connectivity index (χ4v) is 3.93. The lowest BCUT2D eigenvalue weighted by Crippen LogP contribution is -2.26. The lowest BCUT2D eigenvalue weighted by Gasteiger charge is -2.12. The number of nitrogens with one attached hydrogen (secondary N) is 1. The highest BCUT2D eigenvalue weighted by molar-refractivity contribution is 7.89. The summed E-state index contributed by atoms with van der Waals surface area (Å²) in [7, 11) is -2.40. The fraction of sp³-hybridized carbons (Fsp3) is 0.412. The van der Waals surface area contributed by atoms with Crippen molar-refractivity contribution in [3.05, 3.63) is 40.8 Å². The Hall–Kier alpha value is -2.39. The first kappa shape index (κ1) is 18.4. The van der Waals surface area contributed by atoms with Crippen molar-refractivity contribution in [1.82, 2.24) is 9.88 Å². The van der Waals surface area contributed by atoms with Crippen LogP contribution in [-0.4, -0.2) is 32.7 Å². The van der Waals surface area contributed by atoms with Gasteiger partial charge in [0.05, 0.1) is 23.9 Å². The van der Waals surface area contributed by atoms with Gasteiger partial charge >= 0.3 is 5.97 Å². The molecule has 0 aliphatic heterocycles. The summed E-state index contributed by atoms with van der Waals surface area (Å²) >= 11 is 0. The molecule has 1 aliphatic rings. The van der Waals surface area contributed by atoms with Gasteiger partial charge in [-0.2, -0.15) is 0 Å². The minimum Gasteiger partial charge on any atom is -0.495 e. The van der Waals surface area contributed by atoms with E-state index in [4.69, 9.17) is 14.0 Å². The molecule has 0 radical (unpaired) electrons. The Balaban J connectivity index is 1.81. The Morgan fingerprint density at radius 2 is 2.08 bits per heavy atom. The van der Waals surface area contributed by atoms with Crippen molar-refractivity contribution in [2.75, 3.05) is 7.11 Å². The van der Waals surface area contributed by atoms with E-state index in [0.29, 0.717) is 17.0 Å². The number of carbonyl (C=O) groups is 1. The standard InChI is InChI=1S/C17H20N2O6S/c1-10-14(11(2)25-18-10)9-24-17(20)12-4-7-15(23-3)16(8-12)26(21,22)19-13-5-6-13/h4,7-8,13,19H,5-6,9H2,1-3H3. The van der Waals surface area contributed by atoms with Gasteiger partial charge in [-0.3, -0.25) is 0 Å². The van der Waals surface area contributed by atoms with Crippen molar-refractivity contribution in [2.45, 2.75) is 44.2 Å². The average molecular weight is 380 g/mol. The van der Waals surface area contributed by atoms with E-state index < -0.39 is 16.0 Å². The zero-order valence-corrected chi connectivity index (χ0v) is 15.6. The Kier molecular flexibility index (Phi) is 5.01. The summed E-state index contributed by atoms with van der Waals surface area (Å²) in [6, 6.07) is 4.11. The number of hydrogen-bond donors (Lipinski definition) is 1. The highest BCUT2D eigenvalue weighted by Gasteiger charge is 2.30. The van der Waals surface area contributed by atoms with E-state index in [-0.39, 0.29) is 28.9 Å². The van der Waals surface area contributed by atoms with Crippen molar-refractivity contribution in [2.24, 2.45) is 0 Å². The van der Waals surface area contributed by atoms with Crippen LogP contribution in [0.1, 0.15) is 40.2 Å². The second-order valence-electron chi connectivity index (χ2n) is 6.14. The van der Waals surface area contributed by atoms with Gasteiger partial charge in [0.1, 0.15) is 23.0 Å². The number of ether oxygens (including phenoxy) is 2. The van der Waals surface area contributed by atoms with E-state index in [1.807, 2.05) is 0 Å². The number of sulfonamides is 1. The SMILES string of the molecule is COc1ccc(C(=O)OCc2c(C)noc2C)cc1S(=O)(=O)NC1CC1. The molecule has 0 spiro atoms. The molecular weight excluding hydrogens is 360 g/mol. The van der Waals surface area contributed by atoms with Gasteiger partial charge in [-0.1, -0.05) is 5.16 Å². The topological polar surface area (TPSA) is 108 Å². The average Bonchev–Trinajstić information content (AvgIpc) is 3.36. The largest absolute Gasteiger partial charge is 0.495 e. The Morgan fingerprint density at radius 1 is 1.35 bits per heavy atom. The molecule has 2 aromatic rings. The van der Waals surface area contributed by atoms with Crippen LogP contribution in [0.15, 0.2) is 27.6 Å². The maximum atomic E-state index is 12.5. The second-order valence-corrected chi connectivity index (χ2v) is 7.82. The van der Waals surface area contributed by atoms with E-state index in [1.165, 1.54) is 25.3 Å². The third kappa shape index (κ3) is 3.88. The van der Waals surface area contributed by atoms with E-state index >= 15 is 0 Å².